The molecule has 4 rings (SSSR count). The Morgan fingerprint density at radius 2 is 2.23 bits per heavy atom. The molecule has 1 unspecified atom stereocenters. The molecule has 1 aliphatic heterocycles. The number of hydrogen-bond donors (Lipinski definition) is 1. The number of amides is 1. The Morgan fingerprint density at radius 3 is 3.08 bits per heavy atom. The zero-order valence-electron chi connectivity index (χ0n) is 13.9. The van der Waals surface area contributed by atoms with E-state index in [0.717, 1.165) is 17.7 Å². The fraction of sp³-hybridized carbons (Fsp3) is 0.211. The van der Waals surface area contributed by atoms with Crippen LogP contribution >= 0.6 is 11.6 Å². The molecule has 132 valence electrons. The van der Waals surface area contributed by atoms with Crippen LogP contribution in [0, 0.1) is 0 Å². The fourth-order valence-electron chi connectivity index (χ4n) is 2.90. The van der Waals surface area contributed by atoms with Gasteiger partial charge < -0.3 is 10.1 Å². The van der Waals surface area contributed by atoms with Crippen molar-refractivity contribution in [3.63, 3.8) is 0 Å². The van der Waals surface area contributed by atoms with Crippen LogP contribution in [0.1, 0.15) is 11.3 Å². The molecule has 0 saturated heterocycles. The number of aryl methyl sites for hydroxylation is 2. The van der Waals surface area contributed by atoms with Crippen molar-refractivity contribution < 1.29 is 9.53 Å². The molecular formula is C19H17ClN4O2. The quantitative estimate of drug-likeness (QED) is 0.751. The predicted molar refractivity (Wildman–Crippen MR) is 98.4 cm³/mol. The van der Waals surface area contributed by atoms with Gasteiger partial charge in [-0.05, 0) is 35.9 Å². The van der Waals surface area contributed by atoms with Gasteiger partial charge in [-0.15, -0.1) is 0 Å². The maximum atomic E-state index is 12.4. The van der Waals surface area contributed by atoms with E-state index >= 15 is 0 Å². The largest absolute Gasteiger partial charge is 0.480 e. The van der Waals surface area contributed by atoms with E-state index in [4.69, 9.17) is 16.3 Å². The molecule has 3 heterocycles. The van der Waals surface area contributed by atoms with Gasteiger partial charge in [0.05, 0.1) is 0 Å². The number of carbonyl (C=O) groups excluding carboxylic acids is 1. The van der Waals surface area contributed by atoms with E-state index in [-0.39, 0.29) is 5.91 Å². The summed E-state index contributed by atoms with van der Waals surface area (Å²) in [6, 6.07) is 13.0. The number of nitrogens with one attached hydrogen (secondary N) is 1. The molecule has 6 nitrogen and oxygen atoms in total. The molecule has 1 aromatic carbocycles. The van der Waals surface area contributed by atoms with Crippen LogP contribution in [0.5, 0.6) is 5.75 Å². The third-order valence-electron chi connectivity index (χ3n) is 4.20. The third-order valence-corrected chi connectivity index (χ3v) is 4.44. The van der Waals surface area contributed by atoms with Gasteiger partial charge >= 0.3 is 0 Å². The molecule has 0 aliphatic carbocycles. The first kappa shape index (κ1) is 16.6. The minimum Gasteiger partial charge on any atom is -0.480 e. The van der Waals surface area contributed by atoms with Crippen LogP contribution in [-0.2, 0) is 24.2 Å². The lowest BCUT2D eigenvalue weighted by Gasteiger charge is -2.09. The zero-order valence-corrected chi connectivity index (χ0v) is 14.7. The summed E-state index contributed by atoms with van der Waals surface area (Å²) in [6.45, 7) is 0.691. The van der Waals surface area contributed by atoms with Gasteiger partial charge in [0, 0.05) is 48.6 Å². The highest BCUT2D eigenvalue weighted by atomic mass is 35.5. The van der Waals surface area contributed by atoms with Gasteiger partial charge in [-0.25, -0.2) is 0 Å². The number of nitrogens with zero attached hydrogens (tertiary/aromatic N) is 3. The number of benzene rings is 1. The normalized spacial score (nSPS) is 15.3. The van der Waals surface area contributed by atoms with Crippen molar-refractivity contribution in [2.45, 2.75) is 25.5 Å². The molecule has 1 aliphatic rings. The molecule has 3 aromatic rings. The molecular weight excluding hydrogens is 352 g/mol. The van der Waals surface area contributed by atoms with E-state index in [1.54, 1.807) is 29.1 Å². The maximum absolute atomic E-state index is 12.4. The predicted octanol–water partition coefficient (Wildman–Crippen LogP) is 3.12. The average molecular weight is 369 g/mol. The monoisotopic (exact) mass is 368 g/mol. The van der Waals surface area contributed by atoms with Gasteiger partial charge in [0.25, 0.3) is 5.91 Å². The van der Waals surface area contributed by atoms with E-state index in [0.29, 0.717) is 29.6 Å². The molecule has 1 atom stereocenters. The average Bonchev–Trinajstić information content (AvgIpc) is 3.27. The topological polar surface area (TPSA) is 69.0 Å². The van der Waals surface area contributed by atoms with Gasteiger partial charge in [-0.3, -0.25) is 14.5 Å². The molecule has 0 radical (unpaired) electrons. The Morgan fingerprint density at radius 1 is 1.31 bits per heavy atom. The number of aromatic nitrogens is 3. The number of carbonyl (C=O) groups is 1. The van der Waals surface area contributed by atoms with Crippen molar-refractivity contribution >= 4 is 23.3 Å². The highest BCUT2D eigenvalue weighted by molar-refractivity contribution is 6.30. The SMILES string of the molecule is O=C(Nc1ccn(CCc2ccccn2)n1)C1Cc2cc(Cl)ccc2O1. The van der Waals surface area contributed by atoms with Crippen molar-refractivity contribution in [2.24, 2.45) is 0 Å². The summed E-state index contributed by atoms with van der Waals surface area (Å²) < 4.78 is 7.48. The van der Waals surface area contributed by atoms with Gasteiger partial charge in [0.2, 0.25) is 0 Å². The van der Waals surface area contributed by atoms with Crippen LogP contribution in [0.3, 0.4) is 0 Å². The fourth-order valence-corrected chi connectivity index (χ4v) is 3.09. The highest BCUT2D eigenvalue weighted by Gasteiger charge is 2.29. The number of anilines is 1. The van der Waals surface area contributed by atoms with Gasteiger partial charge in [-0.2, -0.15) is 5.10 Å². The number of ether oxygens (including phenoxy) is 1. The Labute approximate surface area is 155 Å². The number of hydrogen-bond acceptors (Lipinski definition) is 4. The van der Waals surface area contributed by atoms with Crippen molar-refractivity contribution in [3.8, 4) is 5.75 Å². The molecule has 0 spiro atoms. The summed E-state index contributed by atoms with van der Waals surface area (Å²) in [5, 5.41) is 7.83. The smallest absolute Gasteiger partial charge is 0.266 e. The molecule has 0 saturated carbocycles. The van der Waals surface area contributed by atoms with Crippen LogP contribution in [0.15, 0.2) is 54.9 Å². The number of pyridine rings is 1. The first-order chi connectivity index (χ1) is 12.7. The van der Waals surface area contributed by atoms with Crippen LogP contribution < -0.4 is 10.1 Å². The third kappa shape index (κ3) is 3.70. The van der Waals surface area contributed by atoms with Crippen molar-refractivity contribution in [3.05, 3.63) is 71.1 Å². The molecule has 0 fully saturated rings. The minimum atomic E-state index is -0.567. The van der Waals surface area contributed by atoms with Crippen molar-refractivity contribution in [1.29, 1.82) is 0 Å². The highest BCUT2D eigenvalue weighted by Crippen LogP contribution is 2.31. The molecule has 1 N–H and O–H groups in total. The Kier molecular flexibility index (Phi) is 4.58. The number of fused-ring (bicyclic) bond motifs is 1. The second kappa shape index (κ2) is 7.17. The van der Waals surface area contributed by atoms with Crippen LogP contribution in [0.4, 0.5) is 5.82 Å². The van der Waals surface area contributed by atoms with Crippen molar-refractivity contribution in [2.75, 3.05) is 5.32 Å². The maximum Gasteiger partial charge on any atom is 0.266 e. The molecule has 0 bridgehead atoms. The van der Waals surface area contributed by atoms with E-state index < -0.39 is 6.10 Å². The number of rotatable bonds is 5. The van der Waals surface area contributed by atoms with Crippen LogP contribution in [0.25, 0.3) is 0 Å². The summed E-state index contributed by atoms with van der Waals surface area (Å²) in [7, 11) is 0. The lowest BCUT2D eigenvalue weighted by atomic mass is 10.1. The van der Waals surface area contributed by atoms with E-state index in [1.807, 2.05) is 30.5 Å². The zero-order chi connectivity index (χ0) is 17.9. The van der Waals surface area contributed by atoms with Crippen molar-refractivity contribution in [1.82, 2.24) is 14.8 Å². The summed E-state index contributed by atoms with van der Waals surface area (Å²) in [5.41, 5.74) is 1.95. The molecule has 7 heteroatoms. The Hall–Kier alpha value is -2.86. The Bertz CT molecular complexity index is 926. The van der Waals surface area contributed by atoms with E-state index in [1.165, 1.54) is 0 Å². The summed E-state index contributed by atoms with van der Waals surface area (Å²) >= 11 is 5.98. The van der Waals surface area contributed by atoms with Gasteiger partial charge in [0.15, 0.2) is 11.9 Å². The second-order valence-corrected chi connectivity index (χ2v) is 6.52. The second-order valence-electron chi connectivity index (χ2n) is 6.09. The van der Waals surface area contributed by atoms with Gasteiger partial charge in [0.1, 0.15) is 5.75 Å². The lowest BCUT2D eigenvalue weighted by molar-refractivity contribution is -0.122. The molecule has 26 heavy (non-hydrogen) atoms. The molecule has 2 aromatic heterocycles. The standard InChI is InChI=1S/C19H17ClN4O2/c20-14-4-5-16-13(11-14)12-17(26-16)19(25)22-18-7-10-24(23-18)9-6-15-3-1-2-8-21-15/h1-5,7-8,10-11,17H,6,9,12H2,(H,22,23,25). The first-order valence-electron chi connectivity index (χ1n) is 8.37. The summed E-state index contributed by atoms with van der Waals surface area (Å²) in [6.07, 6.45) is 4.32. The Balaban J connectivity index is 1.33. The summed E-state index contributed by atoms with van der Waals surface area (Å²) in [4.78, 5) is 16.7. The lowest BCUT2D eigenvalue weighted by Crippen LogP contribution is -2.31. The van der Waals surface area contributed by atoms with Gasteiger partial charge in [-0.1, -0.05) is 17.7 Å². The van der Waals surface area contributed by atoms with E-state index in [9.17, 15) is 4.79 Å². The minimum absolute atomic E-state index is 0.215. The molecule has 1 amide bonds. The first-order valence-corrected chi connectivity index (χ1v) is 8.74. The van der Waals surface area contributed by atoms with Crippen LogP contribution in [-0.4, -0.2) is 26.8 Å². The van der Waals surface area contributed by atoms with Crippen LogP contribution in [0.2, 0.25) is 5.02 Å². The summed E-state index contributed by atoms with van der Waals surface area (Å²) in [5.74, 6) is 0.997. The van der Waals surface area contributed by atoms with E-state index in [2.05, 4.69) is 15.4 Å². The number of halogens is 1.